The van der Waals surface area contributed by atoms with E-state index in [2.05, 4.69) is 36.3 Å². The summed E-state index contributed by atoms with van der Waals surface area (Å²) in [5.41, 5.74) is 5.38. The van der Waals surface area contributed by atoms with Crippen molar-refractivity contribution in [3.8, 4) is 11.8 Å². The number of carboxylic acid groups (broad SMARTS) is 1. The molecule has 2 saturated carbocycles. The summed E-state index contributed by atoms with van der Waals surface area (Å²) >= 11 is 1.72. The van der Waals surface area contributed by atoms with Gasteiger partial charge in [0.1, 0.15) is 13.2 Å². The SMILES string of the molecule is CC=CSCC1(O)CCC2C3CCC4=CC(=O)CCC4=C3C(c3ccc(C#CCOCC(=O)O)cc3)CC21C. The van der Waals surface area contributed by atoms with E-state index in [1.165, 1.54) is 22.3 Å². The van der Waals surface area contributed by atoms with Gasteiger partial charge in [-0.25, -0.2) is 4.79 Å². The lowest BCUT2D eigenvalue weighted by atomic mass is 9.51. The summed E-state index contributed by atoms with van der Waals surface area (Å²) in [4.78, 5) is 22.9. The van der Waals surface area contributed by atoms with Crippen LogP contribution in [0, 0.1) is 29.1 Å². The Bertz CT molecular complexity index is 1280. The summed E-state index contributed by atoms with van der Waals surface area (Å²) in [5, 5.41) is 22.9. The van der Waals surface area contributed by atoms with Crippen LogP contribution in [-0.4, -0.2) is 46.5 Å². The third-order valence-electron chi connectivity index (χ3n) is 9.56. The zero-order chi connectivity index (χ0) is 27.6. The van der Waals surface area contributed by atoms with Gasteiger partial charge >= 0.3 is 5.97 Å². The number of benzene rings is 1. The molecular formula is C33H38O5S. The molecule has 4 aliphatic carbocycles. The highest BCUT2D eigenvalue weighted by Crippen LogP contribution is 2.67. The average Bonchev–Trinajstić information content (AvgIpc) is 3.18. The van der Waals surface area contributed by atoms with E-state index in [9.17, 15) is 14.7 Å². The molecule has 0 radical (unpaired) electrons. The number of hydrogen-bond donors (Lipinski definition) is 2. The van der Waals surface area contributed by atoms with E-state index in [1.54, 1.807) is 11.8 Å². The molecule has 0 heterocycles. The molecule has 0 saturated heterocycles. The fourth-order valence-electron chi connectivity index (χ4n) is 7.70. The van der Waals surface area contributed by atoms with E-state index in [4.69, 9.17) is 9.84 Å². The zero-order valence-electron chi connectivity index (χ0n) is 22.9. The number of ether oxygens (including phenoxy) is 1. The number of carbonyl (C=O) groups is 2. The van der Waals surface area contributed by atoms with Crippen molar-refractivity contribution in [2.24, 2.45) is 17.3 Å². The lowest BCUT2D eigenvalue weighted by molar-refractivity contribution is -0.141. The number of rotatable bonds is 7. The lowest BCUT2D eigenvalue weighted by Crippen LogP contribution is -2.52. The smallest absolute Gasteiger partial charge is 0.329 e. The van der Waals surface area contributed by atoms with Gasteiger partial charge in [0, 0.05) is 29.1 Å². The number of carboxylic acids is 1. The summed E-state index contributed by atoms with van der Waals surface area (Å²) in [6.07, 6.45) is 10.1. The first kappa shape index (κ1) is 28.0. The van der Waals surface area contributed by atoms with Crippen LogP contribution in [0.5, 0.6) is 0 Å². The molecule has 5 unspecified atom stereocenters. The Morgan fingerprint density at radius 3 is 2.74 bits per heavy atom. The van der Waals surface area contributed by atoms with Gasteiger partial charge in [0.25, 0.3) is 0 Å². The number of ketones is 1. The second-order valence-corrected chi connectivity index (χ2v) is 12.6. The van der Waals surface area contributed by atoms with Crippen molar-refractivity contribution < 1.29 is 24.5 Å². The van der Waals surface area contributed by atoms with E-state index in [1.807, 2.05) is 31.2 Å². The second kappa shape index (κ2) is 11.5. The van der Waals surface area contributed by atoms with Crippen LogP contribution in [0.1, 0.15) is 75.8 Å². The van der Waals surface area contributed by atoms with Crippen molar-refractivity contribution in [1.82, 2.24) is 0 Å². The molecule has 0 spiro atoms. The number of fused-ring (bicyclic) bond motifs is 4. The van der Waals surface area contributed by atoms with Gasteiger partial charge in [-0.15, -0.1) is 11.8 Å². The van der Waals surface area contributed by atoms with Gasteiger partial charge in [-0.1, -0.05) is 42.5 Å². The molecule has 0 aromatic heterocycles. The number of aliphatic hydroxyl groups is 1. The molecule has 0 aliphatic heterocycles. The molecule has 5 rings (SSSR count). The van der Waals surface area contributed by atoms with Crippen LogP contribution in [0.4, 0.5) is 0 Å². The van der Waals surface area contributed by atoms with Crippen molar-refractivity contribution in [2.45, 2.75) is 70.3 Å². The Balaban J connectivity index is 1.49. The van der Waals surface area contributed by atoms with E-state index >= 15 is 0 Å². The van der Waals surface area contributed by atoms with Gasteiger partial charge in [0.05, 0.1) is 5.60 Å². The highest BCUT2D eigenvalue weighted by molar-refractivity contribution is 8.02. The van der Waals surface area contributed by atoms with Gasteiger partial charge in [-0.05, 0) is 97.6 Å². The average molecular weight is 547 g/mol. The minimum Gasteiger partial charge on any atom is -0.480 e. The van der Waals surface area contributed by atoms with E-state index in [0.717, 1.165) is 44.1 Å². The fraction of sp³-hybridized carbons (Fsp3) is 0.515. The first-order valence-electron chi connectivity index (χ1n) is 14.1. The normalized spacial score (nSPS) is 31.7. The largest absolute Gasteiger partial charge is 0.480 e. The maximum Gasteiger partial charge on any atom is 0.329 e. The minimum absolute atomic E-state index is 0.0754. The number of carbonyl (C=O) groups excluding carboxylic acids is 1. The van der Waals surface area contributed by atoms with Crippen molar-refractivity contribution in [2.75, 3.05) is 19.0 Å². The van der Waals surface area contributed by atoms with Crippen LogP contribution in [0.3, 0.4) is 0 Å². The minimum atomic E-state index is -1.00. The first-order valence-corrected chi connectivity index (χ1v) is 15.1. The number of hydrogen-bond acceptors (Lipinski definition) is 5. The number of thioether (sulfide) groups is 1. The Morgan fingerprint density at radius 1 is 1.21 bits per heavy atom. The number of aliphatic carboxylic acids is 1. The van der Waals surface area contributed by atoms with Crippen molar-refractivity contribution >= 4 is 23.5 Å². The lowest BCUT2D eigenvalue weighted by Gasteiger charge is -2.55. The molecule has 5 atom stereocenters. The zero-order valence-corrected chi connectivity index (χ0v) is 23.7. The summed E-state index contributed by atoms with van der Waals surface area (Å²) < 4.78 is 5.02. The molecule has 2 fully saturated rings. The van der Waals surface area contributed by atoms with Gasteiger partial charge in [-0.3, -0.25) is 4.79 Å². The summed E-state index contributed by atoms with van der Waals surface area (Å²) in [7, 11) is 0. The Hall–Kier alpha value is -2.59. The molecule has 206 valence electrons. The van der Waals surface area contributed by atoms with Gasteiger partial charge in [-0.2, -0.15) is 0 Å². The van der Waals surface area contributed by atoms with Crippen molar-refractivity contribution in [1.29, 1.82) is 0 Å². The monoisotopic (exact) mass is 546 g/mol. The standard InChI is InChI=1S/C33H38O5S/c1-3-17-39-21-33(37)15-14-29-27-12-10-24-18-25(34)11-13-26(24)31(27)28(19-32(29,33)2)23-8-6-22(7-9-23)5-4-16-38-20-30(35)36/h3,6-9,17-18,27-29,37H,10-16,19-21H2,1-2H3,(H,35,36). The quantitative estimate of drug-likeness (QED) is 0.321. The maximum absolute atomic E-state index is 12.3. The highest BCUT2D eigenvalue weighted by Gasteiger charge is 2.62. The maximum atomic E-state index is 12.3. The van der Waals surface area contributed by atoms with Crippen LogP contribution < -0.4 is 0 Å². The molecular weight excluding hydrogens is 508 g/mol. The van der Waals surface area contributed by atoms with E-state index in [0.29, 0.717) is 24.0 Å². The topological polar surface area (TPSA) is 83.8 Å². The predicted molar refractivity (Wildman–Crippen MR) is 154 cm³/mol. The van der Waals surface area contributed by atoms with E-state index < -0.39 is 11.6 Å². The van der Waals surface area contributed by atoms with Crippen LogP contribution in [0.15, 0.2) is 58.5 Å². The molecule has 6 heteroatoms. The molecule has 39 heavy (non-hydrogen) atoms. The summed E-state index contributed by atoms with van der Waals surface area (Å²) in [5.74, 6) is 6.99. The van der Waals surface area contributed by atoms with Crippen molar-refractivity contribution in [3.05, 3.63) is 69.7 Å². The molecule has 1 aromatic rings. The van der Waals surface area contributed by atoms with Crippen LogP contribution >= 0.6 is 11.8 Å². The van der Waals surface area contributed by atoms with Gasteiger partial charge < -0.3 is 14.9 Å². The predicted octanol–water partition coefficient (Wildman–Crippen LogP) is 6.04. The second-order valence-electron chi connectivity index (χ2n) is 11.7. The van der Waals surface area contributed by atoms with Crippen LogP contribution in [0.2, 0.25) is 0 Å². The molecule has 0 bridgehead atoms. The van der Waals surface area contributed by atoms with E-state index in [-0.39, 0.29) is 30.3 Å². The Morgan fingerprint density at radius 2 is 2.00 bits per heavy atom. The van der Waals surface area contributed by atoms with Gasteiger partial charge in [0.2, 0.25) is 0 Å². The Kier molecular flexibility index (Phi) is 8.24. The molecule has 4 aliphatic rings. The first-order chi connectivity index (χ1) is 18.8. The van der Waals surface area contributed by atoms with Crippen molar-refractivity contribution in [3.63, 3.8) is 0 Å². The Labute approximate surface area is 235 Å². The third kappa shape index (κ3) is 5.42. The van der Waals surface area contributed by atoms with Crippen LogP contribution in [-0.2, 0) is 14.3 Å². The fourth-order valence-corrected chi connectivity index (χ4v) is 8.74. The molecule has 1 aromatic carbocycles. The number of allylic oxidation sites excluding steroid dienone is 5. The third-order valence-corrected chi connectivity index (χ3v) is 10.7. The summed E-state index contributed by atoms with van der Waals surface area (Å²) in [6.45, 7) is 4.08. The van der Waals surface area contributed by atoms with Gasteiger partial charge in [0.15, 0.2) is 5.78 Å². The van der Waals surface area contributed by atoms with Crippen LogP contribution in [0.25, 0.3) is 0 Å². The molecule has 2 N–H and O–H groups in total. The molecule has 5 nitrogen and oxygen atoms in total. The summed E-state index contributed by atoms with van der Waals surface area (Å²) in [6, 6.07) is 8.38. The highest BCUT2D eigenvalue weighted by atomic mass is 32.2. The molecule has 0 amide bonds.